The zero-order chi connectivity index (χ0) is 17.5. The van der Waals surface area contributed by atoms with Crippen molar-refractivity contribution in [2.45, 2.75) is 24.9 Å². The minimum absolute atomic E-state index is 0.0909. The van der Waals surface area contributed by atoms with Gasteiger partial charge in [0.25, 0.3) is 0 Å². The zero-order valence-corrected chi connectivity index (χ0v) is 12.9. The lowest BCUT2D eigenvalue weighted by Crippen LogP contribution is -2.50. The van der Waals surface area contributed by atoms with Crippen LogP contribution in [0.15, 0.2) is 48.8 Å². The number of hydrogen-bond acceptors (Lipinski definition) is 5. The molecule has 1 heterocycles. The Morgan fingerprint density at radius 1 is 1.12 bits per heavy atom. The first kappa shape index (κ1) is 17.4. The van der Waals surface area contributed by atoms with Gasteiger partial charge in [-0.05, 0) is 35.7 Å². The van der Waals surface area contributed by atoms with Gasteiger partial charge in [0.1, 0.15) is 11.8 Å². The summed E-state index contributed by atoms with van der Waals surface area (Å²) in [6.07, 6.45) is 3.59. The Kier molecular flexibility index (Phi) is 5.86. The predicted octanol–water partition coefficient (Wildman–Crippen LogP) is 0.469. The number of carboxylic acids is 1. The molecule has 1 aromatic carbocycles. The number of pyridine rings is 1. The molecule has 1 aromatic heterocycles. The van der Waals surface area contributed by atoms with Crippen LogP contribution in [0.5, 0.6) is 5.75 Å². The summed E-state index contributed by atoms with van der Waals surface area (Å²) >= 11 is 0. The molecule has 0 bridgehead atoms. The van der Waals surface area contributed by atoms with Gasteiger partial charge in [-0.2, -0.15) is 0 Å². The van der Waals surface area contributed by atoms with E-state index in [0.29, 0.717) is 5.56 Å². The van der Waals surface area contributed by atoms with Crippen LogP contribution in [0.25, 0.3) is 0 Å². The smallest absolute Gasteiger partial charge is 0.326 e. The molecule has 0 fully saturated rings. The van der Waals surface area contributed by atoms with Gasteiger partial charge in [0.2, 0.25) is 5.91 Å². The van der Waals surface area contributed by atoms with Crippen molar-refractivity contribution in [2.24, 2.45) is 5.73 Å². The Labute approximate surface area is 139 Å². The monoisotopic (exact) mass is 329 g/mol. The summed E-state index contributed by atoms with van der Waals surface area (Å²) in [4.78, 5) is 27.5. The average molecular weight is 329 g/mol. The predicted molar refractivity (Wildman–Crippen MR) is 87.3 cm³/mol. The summed E-state index contributed by atoms with van der Waals surface area (Å²) in [5.41, 5.74) is 7.32. The van der Waals surface area contributed by atoms with Crippen molar-refractivity contribution in [3.63, 3.8) is 0 Å². The molecule has 0 spiro atoms. The molecule has 24 heavy (non-hydrogen) atoms. The van der Waals surface area contributed by atoms with Crippen LogP contribution in [0, 0.1) is 0 Å². The molecule has 2 atom stereocenters. The Morgan fingerprint density at radius 3 is 2.42 bits per heavy atom. The number of nitrogens with two attached hydrogens (primary N) is 1. The molecule has 1 amide bonds. The van der Waals surface area contributed by atoms with E-state index in [1.165, 1.54) is 12.1 Å². The topological polar surface area (TPSA) is 126 Å². The fourth-order valence-electron chi connectivity index (χ4n) is 2.21. The highest BCUT2D eigenvalue weighted by Gasteiger charge is 2.23. The molecular weight excluding hydrogens is 310 g/mol. The highest BCUT2D eigenvalue weighted by molar-refractivity contribution is 5.87. The number of phenols is 1. The first-order valence-electron chi connectivity index (χ1n) is 7.41. The third-order valence-corrected chi connectivity index (χ3v) is 3.51. The number of aromatic nitrogens is 1. The summed E-state index contributed by atoms with van der Waals surface area (Å²) in [6.45, 7) is 0. The molecule has 126 valence electrons. The molecule has 0 aliphatic heterocycles. The third-order valence-electron chi connectivity index (χ3n) is 3.51. The molecule has 0 saturated carbocycles. The zero-order valence-electron chi connectivity index (χ0n) is 12.9. The number of carboxylic acid groups (broad SMARTS) is 1. The van der Waals surface area contributed by atoms with Crippen LogP contribution in [0.3, 0.4) is 0 Å². The highest BCUT2D eigenvalue weighted by atomic mass is 16.4. The van der Waals surface area contributed by atoms with Crippen LogP contribution in [0.4, 0.5) is 0 Å². The maximum absolute atomic E-state index is 12.1. The van der Waals surface area contributed by atoms with E-state index in [1.54, 1.807) is 36.7 Å². The highest BCUT2D eigenvalue weighted by Crippen LogP contribution is 2.11. The molecule has 0 saturated heterocycles. The van der Waals surface area contributed by atoms with Gasteiger partial charge in [-0.1, -0.05) is 18.2 Å². The number of benzene rings is 1. The van der Waals surface area contributed by atoms with Gasteiger partial charge in [0.05, 0.1) is 6.04 Å². The normalized spacial score (nSPS) is 13.0. The summed E-state index contributed by atoms with van der Waals surface area (Å²) in [5.74, 6) is -1.59. The molecule has 2 aromatic rings. The Balaban J connectivity index is 1.97. The van der Waals surface area contributed by atoms with Crippen molar-refractivity contribution in [1.82, 2.24) is 10.3 Å². The summed E-state index contributed by atoms with van der Waals surface area (Å²) in [7, 11) is 0. The first-order valence-corrected chi connectivity index (χ1v) is 7.41. The maximum atomic E-state index is 12.1. The number of carbonyl (C=O) groups is 2. The van der Waals surface area contributed by atoms with Crippen molar-refractivity contribution < 1.29 is 19.8 Å². The fraction of sp³-hybridized carbons (Fsp3) is 0.235. The van der Waals surface area contributed by atoms with Gasteiger partial charge < -0.3 is 21.3 Å². The largest absolute Gasteiger partial charge is 0.508 e. The van der Waals surface area contributed by atoms with Crippen LogP contribution >= 0.6 is 0 Å². The number of nitrogens with zero attached hydrogens (tertiary/aromatic N) is 1. The second kappa shape index (κ2) is 8.07. The summed E-state index contributed by atoms with van der Waals surface area (Å²) < 4.78 is 0. The van der Waals surface area contributed by atoms with Gasteiger partial charge >= 0.3 is 5.97 Å². The van der Waals surface area contributed by atoms with E-state index >= 15 is 0 Å². The van der Waals surface area contributed by atoms with E-state index in [9.17, 15) is 19.8 Å². The average Bonchev–Trinajstić information content (AvgIpc) is 2.56. The minimum atomic E-state index is -1.15. The lowest BCUT2D eigenvalue weighted by atomic mass is 10.0. The van der Waals surface area contributed by atoms with Crippen LogP contribution < -0.4 is 11.1 Å². The van der Waals surface area contributed by atoms with Gasteiger partial charge in [0, 0.05) is 18.8 Å². The van der Waals surface area contributed by atoms with Crippen LogP contribution in [-0.4, -0.2) is 39.2 Å². The van der Waals surface area contributed by atoms with Gasteiger partial charge in [0.15, 0.2) is 0 Å². The minimum Gasteiger partial charge on any atom is -0.508 e. The molecule has 0 aliphatic carbocycles. The first-order chi connectivity index (χ1) is 11.5. The molecule has 0 unspecified atom stereocenters. The number of phenolic OH excluding ortho intramolecular Hbond substituents is 1. The standard InChI is InChI=1S/C17H19N3O4/c18-14(8-12-2-1-7-19-10-12)16(22)20-15(17(23)24)9-11-3-5-13(21)6-4-11/h1-7,10,14-15,21H,8-9,18H2,(H,20,22)(H,23,24)/t14-,15-/m0/s1. The maximum Gasteiger partial charge on any atom is 0.326 e. The van der Waals surface area contributed by atoms with Crippen molar-refractivity contribution in [3.05, 3.63) is 59.9 Å². The van der Waals surface area contributed by atoms with Gasteiger partial charge in [-0.25, -0.2) is 4.79 Å². The summed E-state index contributed by atoms with van der Waals surface area (Å²) in [5, 5.41) is 21.0. The van der Waals surface area contributed by atoms with Crippen LogP contribution in [0.1, 0.15) is 11.1 Å². The fourth-order valence-corrected chi connectivity index (χ4v) is 2.21. The number of nitrogens with one attached hydrogen (secondary N) is 1. The number of hydrogen-bond donors (Lipinski definition) is 4. The number of aromatic hydroxyl groups is 1. The molecule has 0 radical (unpaired) electrons. The summed E-state index contributed by atoms with van der Waals surface area (Å²) in [6, 6.07) is 7.71. The molecule has 5 N–H and O–H groups in total. The second-order valence-electron chi connectivity index (χ2n) is 5.44. The van der Waals surface area contributed by atoms with E-state index in [0.717, 1.165) is 5.56 Å². The van der Waals surface area contributed by atoms with Gasteiger partial charge in [-0.3, -0.25) is 9.78 Å². The Morgan fingerprint density at radius 2 is 1.83 bits per heavy atom. The van der Waals surface area contributed by atoms with E-state index in [1.807, 2.05) is 0 Å². The number of amides is 1. The Hall–Kier alpha value is -2.93. The SMILES string of the molecule is N[C@@H](Cc1cccnc1)C(=O)N[C@@H](Cc1ccc(O)cc1)C(=O)O. The Bertz CT molecular complexity index is 689. The van der Waals surface area contributed by atoms with E-state index in [4.69, 9.17) is 5.73 Å². The van der Waals surface area contributed by atoms with Crippen molar-refractivity contribution in [2.75, 3.05) is 0 Å². The molecule has 0 aliphatic rings. The lowest BCUT2D eigenvalue weighted by Gasteiger charge is -2.18. The molecular formula is C17H19N3O4. The molecule has 7 heteroatoms. The number of aliphatic carboxylic acids is 1. The van der Waals surface area contributed by atoms with E-state index < -0.39 is 24.0 Å². The van der Waals surface area contributed by atoms with Crippen molar-refractivity contribution in [3.8, 4) is 5.75 Å². The molecule has 2 rings (SSSR count). The van der Waals surface area contributed by atoms with Crippen molar-refractivity contribution in [1.29, 1.82) is 0 Å². The molecule has 7 nitrogen and oxygen atoms in total. The van der Waals surface area contributed by atoms with Crippen LogP contribution in [0.2, 0.25) is 0 Å². The third kappa shape index (κ3) is 5.06. The van der Waals surface area contributed by atoms with E-state index in [-0.39, 0.29) is 18.6 Å². The second-order valence-corrected chi connectivity index (χ2v) is 5.44. The van der Waals surface area contributed by atoms with Crippen molar-refractivity contribution >= 4 is 11.9 Å². The number of carbonyl (C=O) groups excluding carboxylic acids is 1. The van der Waals surface area contributed by atoms with Crippen LogP contribution in [-0.2, 0) is 22.4 Å². The lowest BCUT2D eigenvalue weighted by molar-refractivity contribution is -0.141. The van der Waals surface area contributed by atoms with E-state index in [2.05, 4.69) is 10.3 Å². The number of rotatable bonds is 7. The van der Waals surface area contributed by atoms with Gasteiger partial charge in [-0.15, -0.1) is 0 Å². The quantitative estimate of drug-likeness (QED) is 0.585.